The molecule has 0 spiro atoms. The number of aryl methyl sites for hydroxylation is 1. The second-order valence-electron chi connectivity index (χ2n) is 5.03. The Morgan fingerprint density at radius 3 is 2.75 bits per heavy atom. The van der Waals surface area contributed by atoms with E-state index in [9.17, 15) is 0 Å². The van der Waals surface area contributed by atoms with Gasteiger partial charge >= 0.3 is 0 Å². The van der Waals surface area contributed by atoms with Gasteiger partial charge in [0.2, 0.25) is 0 Å². The Morgan fingerprint density at radius 1 is 1.38 bits per heavy atom. The summed E-state index contributed by atoms with van der Waals surface area (Å²) in [6.07, 6.45) is 6.39. The van der Waals surface area contributed by atoms with Crippen LogP contribution in [0, 0.1) is 6.92 Å². The molecular weight excluding hydrogens is 198 g/mol. The maximum Gasteiger partial charge on any atom is 0.0911 e. The first-order valence-corrected chi connectivity index (χ1v) is 6.02. The molecule has 0 amide bonds. The summed E-state index contributed by atoms with van der Waals surface area (Å²) in [5, 5.41) is 4.73. The van der Waals surface area contributed by atoms with Gasteiger partial charge in [-0.15, -0.1) is 0 Å². The molecular formula is C13H17N3. The van der Waals surface area contributed by atoms with Gasteiger partial charge in [0.15, 0.2) is 0 Å². The minimum atomic E-state index is 0.524. The van der Waals surface area contributed by atoms with Crippen molar-refractivity contribution in [1.29, 1.82) is 0 Å². The van der Waals surface area contributed by atoms with Crippen LogP contribution < -0.4 is 0 Å². The fourth-order valence-electron chi connectivity index (χ4n) is 2.43. The molecule has 1 saturated carbocycles. The molecule has 16 heavy (non-hydrogen) atoms. The number of nitrogens with zero attached hydrogens (tertiary/aromatic N) is 3. The van der Waals surface area contributed by atoms with E-state index in [1.807, 2.05) is 16.9 Å². The van der Waals surface area contributed by atoms with E-state index in [0.29, 0.717) is 11.8 Å². The molecule has 0 bridgehead atoms. The molecule has 0 saturated heterocycles. The SMILES string of the molecule is Cc1nccn2nc(C3CC3)c(C(C)C)c12. The Morgan fingerprint density at radius 2 is 2.12 bits per heavy atom. The molecule has 0 radical (unpaired) electrons. The first kappa shape index (κ1) is 9.82. The van der Waals surface area contributed by atoms with Gasteiger partial charge in [0.05, 0.1) is 16.9 Å². The minimum absolute atomic E-state index is 0.524. The molecule has 3 nitrogen and oxygen atoms in total. The number of fused-ring (bicyclic) bond motifs is 1. The Hall–Kier alpha value is -1.38. The van der Waals surface area contributed by atoms with Crippen molar-refractivity contribution < 1.29 is 0 Å². The van der Waals surface area contributed by atoms with Crippen molar-refractivity contribution in [3.05, 3.63) is 29.3 Å². The predicted octanol–water partition coefficient (Wildman–Crippen LogP) is 3.04. The number of rotatable bonds is 2. The fraction of sp³-hybridized carbons (Fsp3) is 0.538. The minimum Gasteiger partial charge on any atom is -0.258 e. The lowest BCUT2D eigenvalue weighted by atomic mass is 9.99. The lowest BCUT2D eigenvalue weighted by molar-refractivity contribution is 0.834. The molecule has 0 aliphatic heterocycles. The van der Waals surface area contributed by atoms with Crippen LogP contribution in [0.25, 0.3) is 5.52 Å². The topological polar surface area (TPSA) is 30.2 Å². The molecule has 84 valence electrons. The quantitative estimate of drug-likeness (QED) is 0.770. The fourth-order valence-corrected chi connectivity index (χ4v) is 2.43. The van der Waals surface area contributed by atoms with Crippen LogP contribution in [0.1, 0.15) is 55.5 Å². The van der Waals surface area contributed by atoms with Crippen LogP contribution in [0.5, 0.6) is 0 Å². The van der Waals surface area contributed by atoms with E-state index in [2.05, 4.69) is 25.8 Å². The Balaban J connectivity index is 2.34. The van der Waals surface area contributed by atoms with E-state index in [-0.39, 0.29) is 0 Å². The first-order chi connectivity index (χ1) is 7.68. The smallest absolute Gasteiger partial charge is 0.0911 e. The van der Waals surface area contributed by atoms with Gasteiger partial charge in [0.1, 0.15) is 0 Å². The van der Waals surface area contributed by atoms with E-state index in [4.69, 9.17) is 5.10 Å². The molecule has 2 aromatic rings. The van der Waals surface area contributed by atoms with Gasteiger partial charge in [-0.25, -0.2) is 4.52 Å². The van der Waals surface area contributed by atoms with Crippen molar-refractivity contribution in [2.24, 2.45) is 0 Å². The summed E-state index contributed by atoms with van der Waals surface area (Å²) in [7, 11) is 0. The molecule has 0 atom stereocenters. The first-order valence-electron chi connectivity index (χ1n) is 6.02. The number of aromatic nitrogens is 3. The number of hydrogen-bond donors (Lipinski definition) is 0. The van der Waals surface area contributed by atoms with E-state index in [0.717, 1.165) is 5.69 Å². The summed E-state index contributed by atoms with van der Waals surface area (Å²) in [6, 6.07) is 0. The molecule has 0 N–H and O–H groups in total. The largest absolute Gasteiger partial charge is 0.258 e. The van der Waals surface area contributed by atoms with Gasteiger partial charge in [0, 0.05) is 23.9 Å². The van der Waals surface area contributed by atoms with Crippen molar-refractivity contribution in [1.82, 2.24) is 14.6 Å². The van der Waals surface area contributed by atoms with Crippen molar-refractivity contribution in [2.75, 3.05) is 0 Å². The monoisotopic (exact) mass is 215 g/mol. The lowest BCUT2D eigenvalue weighted by Crippen LogP contribution is -1.94. The number of hydrogen-bond acceptors (Lipinski definition) is 2. The van der Waals surface area contributed by atoms with Crippen molar-refractivity contribution >= 4 is 5.52 Å². The maximum absolute atomic E-state index is 4.73. The van der Waals surface area contributed by atoms with Crippen LogP contribution in [0.3, 0.4) is 0 Å². The highest BCUT2D eigenvalue weighted by molar-refractivity contribution is 5.62. The van der Waals surface area contributed by atoms with Gasteiger partial charge in [-0.05, 0) is 25.7 Å². The van der Waals surface area contributed by atoms with E-state index >= 15 is 0 Å². The summed E-state index contributed by atoms with van der Waals surface area (Å²) in [5.74, 6) is 1.23. The zero-order valence-corrected chi connectivity index (χ0v) is 10.1. The predicted molar refractivity (Wildman–Crippen MR) is 63.8 cm³/mol. The van der Waals surface area contributed by atoms with E-state index < -0.39 is 0 Å². The summed E-state index contributed by atoms with van der Waals surface area (Å²) in [4.78, 5) is 4.38. The zero-order chi connectivity index (χ0) is 11.3. The highest BCUT2D eigenvalue weighted by Gasteiger charge is 2.31. The third kappa shape index (κ3) is 1.34. The summed E-state index contributed by atoms with van der Waals surface area (Å²) in [6.45, 7) is 6.56. The second-order valence-corrected chi connectivity index (χ2v) is 5.03. The van der Waals surface area contributed by atoms with Gasteiger partial charge in [-0.2, -0.15) is 5.10 Å². The van der Waals surface area contributed by atoms with E-state index in [1.54, 1.807) is 0 Å². The maximum atomic E-state index is 4.73. The van der Waals surface area contributed by atoms with Crippen molar-refractivity contribution in [3.63, 3.8) is 0 Å². The molecule has 2 aromatic heterocycles. The molecule has 0 aromatic carbocycles. The standard InChI is InChI=1S/C13H17N3/c1-8(2)11-12(10-4-5-10)15-16-7-6-14-9(3)13(11)16/h6-8,10H,4-5H2,1-3H3. The zero-order valence-electron chi connectivity index (χ0n) is 10.1. The normalized spacial score (nSPS) is 16.2. The van der Waals surface area contributed by atoms with Gasteiger partial charge in [-0.1, -0.05) is 13.8 Å². The van der Waals surface area contributed by atoms with Crippen LogP contribution in [0.15, 0.2) is 12.4 Å². The lowest BCUT2D eigenvalue weighted by Gasteiger charge is -2.06. The van der Waals surface area contributed by atoms with E-state index in [1.165, 1.54) is 29.6 Å². The molecule has 1 aliphatic carbocycles. The third-order valence-electron chi connectivity index (χ3n) is 3.34. The molecule has 0 unspecified atom stereocenters. The van der Waals surface area contributed by atoms with Crippen molar-refractivity contribution in [3.8, 4) is 0 Å². The molecule has 3 rings (SSSR count). The molecule has 2 heterocycles. The highest BCUT2D eigenvalue weighted by atomic mass is 15.2. The Kier molecular flexibility index (Phi) is 2.03. The average Bonchev–Trinajstić information content (AvgIpc) is 2.99. The van der Waals surface area contributed by atoms with Crippen LogP contribution in [-0.2, 0) is 0 Å². The molecule has 1 fully saturated rings. The molecule has 3 heteroatoms. The second kappa shape index (κ2) is 3.30. The van der Waals surface area contributed by atoms with Gasteiger partial charge in [0.25, 0.3) is 0 Å². The summed E-state index contributed by atoms with van der Waals surface area (Å²) >= 11 is 0. The van der Waals surface area contributed by atoms with Gasteiger partial charge < -0.3 is 0 Å². The van der Waals surface area contributed by atoms with Crippen LogP contribution in [0.2, 0.25) is 0 Å². The highest BCUT2D eigenvalue weighted by Crippen LogP contribution is 2.43. The Labute approximate surface area is 95.5 Å². The van der Waals surface area contributed by atoms with Crippen molar-refractivity contribution in [2.45, 2.75) is 45.4 Å². The van der Waals surface area contributed by atoms with Crippen LogP contribution in [-0.4, -0.2) is 14.6 Å². The summed E-state index contributed by atoms with van der Waals surface area (Å²) < 4.78 is 2.01. The third-order valence-corrected chi connectivity index (χ3v) is 3.34. The summed E-state index contributed by atoms with van der Waals surface area (Å²) in [5.41, 5.74) is 5.03. The Bertz CT molecular complexity index is 535. The van der Waals surface area contributed by atoms with Crippen LogP contribution in [0.4, 0.5) is 0 Å². The van der Waals surface area contributed by atoms with Gasteiger partial charge in [-0.3, -0.25) is 4.98 Å². The van der Waals surface area contributed by atoms with Crippen LogP contribution >= 0.6 is 0 Å². The average molecular weight is 215 g/mol. The molecule has 1 aliphatic rings.